The highest BCUT2D eigenvalue weighted by Crippen LogP contribution is 1.79. The van der Waals surface area contributed by atoms with Crippen molar-refractivity contribution in [2.45, 2.75) is 0 Å². The van der Waals surface area contributed by atoms with Gasteiger partial charge in [-0.2, -0.15) is 5.26 Å². The van der Waals surface area contributed by atoms with E-state index in [0.717, 1.165) is 4.57 Å². The van der Waals surface area contributed by atoms with E-state index in [1.165, 1.54) is 13.2 Å². The number of aromatic amines is 1. The summed E-state index contributed by atoms with van der Waals surface area (Å²) in [7, 11) is 1.46. The summed E-state index contributed by atoms with van der Waals surface area (Å²) in [6, 6.07) is 1.66. The normalized spacial score (nSPS) is 9.09. The van der Waals surface area contributed by atoms with E-state index in [1.807, 2.05) is 4.98 Å². The summed E-state index contributed by atoms with van der Waals surface area (Å²) in [4.78, 5) is 23.4. The molecule has 11 heavy (non-hydrogen) atoms. The van der Waals surface area contributed by atoms with Gasteiger partial charge < -0.3 is 4.57 Å². The zero-order valence-corrected chi connectivity index (χ0v) is 5.79. The Bertz CT molecular complexity index is 421. The number of hydrogen-bond donors (Lipinski definition) is 1. The molecule has 1 N–H and O–H groups in total. The van der Waals surface area contributed by atoms with Crippen LogP contribution >= 0.6 is 0 Å². The maximum absolute atomic E-state index is 10.7. The van der Waals surface area contributed by atoms with Gasteiger partial charge in [-0.1, -0.05) is 0 Å². The number of nitrogens with one attached hydrogen (secondary N) is 1. The predicted molar refractivity (Wildman–Crippen MR) is 37.0 cm³/mol. The van der Waals surface area contributed by atoms with E-state index in [1.54, 1.807) is 6.07 Å². The third-order valence-electron chi connectivity index (χ3n) is 1.23. The van der Waals surface area contributed by atoms with Gasteiger partial charge in [0.2, 0.25) is 0 Å². The van der Waals surface area contributed by atoms with Gasteiger partial charge in [-0.15, -0.1) is 0 Å². The lowest BCUT2D eigenvalue weighted by atomic mass is 10.4. The van der Waals surface area contributed by atoms with Crippen LogP contribution in [0.25, 0.3) is 0 Å². The van der Waals surface area contributed by atoms with Crippen molar-refractivity contribution >= 4 is 0 Å². The third-order valence-corrected chi connectivity index (χ3v) is 1.23. The van der Waals surface area contributed by atoms with Crippen LogP contribution in [0.4, 0.5) is 0 Å². The van der Waals surface area contributed by atoms with E-state index in [4.69, 9.17) is 5.26 Å². The second-order valence-corrected chi connectivity index (χ2v) is 2.02. The van der Waals surface area contributed by atoms with E-state index < -0.39 is 11.2 Å². The summed E-state index contributed by atoms with van der Waals surface area (Å²) in [5.41, 5.74) is -1.23. The molecule has 0 saturated carbocycles. The molecule has 0 aliphatic rings. The molecule has 5 nitrogen and oxygen atoms in total. The van der Waals surface area contributed by atoms with E-state index in [0.29, 0.717) is 0 Å². The Morgan fingerprint density at radius 1 is 1.64 bits per heavy atom. The first-order chi connectivity index (χ1) is 5.15. The summed E-state index contributed by atoms with van der Waals surface area (Å²) < 4.78 is 1.14. The summed E-state index contributed by atoms with van der Waals surface area (Å²) in [5, 5.41) is 8.35. The highest BCUT2D eigenvalue weighted by Gasteiger charge is 1.98. The summed E-state index contributed by atoms with van der Waals surface area (Å²) >= 11 is 0. The minimum Gasteiger partial charge on any atom is -0.302 e. The molecule has 0 aliphatic carbocycles. The van der Waals surface area contributed by atoms with Crippen molar-refractivity contribution in [1.82, 2.24) is 9.55 Å². The molecule has 0 aliphatic heterocycles. The highest BCUT2D eigenvalue weighted by molar-refractivity contribution is 5.21. The lowest BCUT2D eigenvalue weighted by Crippen LogP contribution is -2.29. The van der Waals surface area contributed by atoms with Crippen molar-refractivity contribution < 1.29 is 0 Å². The molecule has 0 radical (unpaired) electrons. The number of nitriles is 1. The molecule has 0 spiro atoms. The van der Waals surface area contributed by atoms with Gasteiger partial charge in [0.05, 0.1) is 0 Å². The summed E-state index contributed by atoms with van der Waals surface area (Å²) in [5.74, 6) is 0. The average Bonchev–Trinajstić information content (AvgIpc) is 1.97. The van der Waals surface area contributed by atoms with Crippen molar-refractivity contribution in [2.75, 3.05) is 0 Å². The van der Waals surface area contributed by atoms with Gasteiger partial charge in [-0.25, -0.2) is 4.79 Å². The van der Waals surface area contributed by atoms with Gasteiger partial charge in [-0.05, 0) is 0 Å². The van der Waals surface area contributed by atoms with Gasteiger partial charge >= 0.3 is 5.69 Å². The zero-order chi connectivity index (χ0) is 8.43. The molecule has 0 fully saturated rings. The minimum absolute atomic E-state index is 0.0629. The Morgan fingerprint density at radius 2 is 2.27 bits per heavy atom. The summed E-state index contributed by atoms with van der Waals surface area (Å²) in [6.07, 6.45) is 1.20. The number of H-pyrrole nitrogens is 1. The Hall–Kier alpha value is -1.83. The number of aryl methyl sites for hydroxylation is 1. The standard InChI is InChI=1S/C6H5N3O2/c1-9-3-4(2-7)5(10)8-6(9)11/h3H,1H3,(H,8,10,11). The van der Waals surface area contributed by atoms with E-state index in [9.17, 15) is 9.59 Å². The molecule has 56 valence electrons. The topological polar surface area (TPSA) is 78.7 Å². The van der Waals surface area contributed by atoms with E-state index in [-0.39, 0.29) is 5.56 Å². The molecule has 1 heterocycles. The molecule has 1 aromatic heterocycles. The quantitative estimate of drug-likeness (QED) is 0.513. The molecule has 0 aromatic carbocycles. The number of nitrogens with zero attached hydrogens (tertiary/aromatic N) is 2. The molecular formula is C6H5N3O2. The first kappa shape index (κ1) is 7.28. The van der Waals surface area contributed by atoms with Crippen LogP contribution < -0.4 is 11.2 Å². The van der Waals surface area contributed by atoms with Gasteiger partial charge in [0.15, 0.2) is 0 Å². The summed E-state index contributed by atoms with van der Waals surface area (Å²) in [6.45, 7) is 0. The fourth-order valence-electron chi connectivity index (χ4n) is 0.643. The Kier molecular flexibility index (Phi) is 1.60. The third kappa shape index (κ3) is 1.19. The molecule has 1 rings (SSSR count). The first-order valence-corrected chi connectivity index (χ1v) is 2.85. The Balaban J connectivity index is 3.61. The van der Waals surface area contributed by atoms with Crippen LogP contribution in [0.15, 0.2) is 15.8 Å². The monoisotopic (exact) mass is 151 g/mol. The van der Waals surface area contributed by atoms with Gasteiger partial charge in [0.25, 0.3) is 5.56 Å². The Labute approximate surface area is 61.5 Å². The van der Waals surface area contributed by atoms with E-state index in [2.05, 4.69) is 0 Å². The van der Waals surface area contributed by atoms with Crippen molar-refractivity contribution in [3.63, 3.8) is 0 Å². The average molecular weight is 151 g/mol. The smallest absolute Gasteiger partial charge is 0.302 e. The van der Waals surface area contributed by atoms with Crippen molar-refractivity contribution in [3.05, 3.63) is 32.6 Å². The number of hydrogen-bond acceptors (Lipinski definition) is 3. The molecule has 0 bridgehead atoms. The highest BCUT2D eigenvalue weighted by atomic mass is 16.2. The van der Waals surface area contributed by atoms with Gasteiger partial charge in [0.1, 0.15) is 11.6 Å². The lowest BCUT2D eigenvalue weighted by molar-refractivity contribution is 0.795. The van der Waals surface area contributed by atoms with Crippen LogP contribution in [0, 0.1) is 11.3 Å². The SMILES string of the molecule is Cn1cc(C#N)c(=O)[nH]c1=O. The maximum Gasteiger partial charge on any atom is 0.328 e. The van der Waals surface area contributed by atoms with Crippen LogP contribution in [0.3, 0.4) is 0 Å². The van der Waals surface area contributed by atoms with E-state index >= 15 is 0 Å². The molecular weight excluding hydrogens is 146 g/mol. The number of aromatic nitrogens is 2. The van der Waals surface area contributed by atoms with Crippen LogP contribution in [0.2, 0.25) is 0 Å². The molecule has 0 amide bonds. The molecule has 0 atom stereocenters. The second-order valence-electron chi connectivity index (χ2n) is 2.02. The van der Waals surface area contributed by atoms with Crippen molar-refractivity contribution in [2.24, 2.45) is 7.05 Å². The van der Waals surface area contributed by atoms with Crippen LogP contribution in [0.5, 0.6) is 0 Å². The zero-order valence-electron chi connectivity index (χ0n) is 5.79. The largest absolute Gasteiger partial charge is 0.328 e. The second kappa shape index (κ2) is 2.42. The van der Waals surface area contributed by atoms with Crippen LogP contribution in [-0.4, -0.2) is 9.55 Å². The molecule has 1 aromatic rings. The fourth-order valence-corrected chi connectivity index (χ4v) is 0.643. The van der Waals surface area contributed by atoms with Crippen LogP contribution in [0.1, 0.15) is 5.56 Å². The molecule has 5 heteroatoms. The van der Waals surface area contributed by atoms with Crippen LogP contribution in [-0.2, 0) is 7.05 Å². The maximum atomic E-state index is 10.7. The molecule has 0 unspecified atom stereocenters. The Morgan fingerprint density at radius 3 is 2.82 bits per heavy atom. The van der Waals surface area contributed by atoms with Crippen molar-refractivity contribution in [3.8, 4) is 6.07 Å². The predicted octanol–water partition coefficient (Wildman–Crippen LogP) is -1.05. The fraction of sp³-hybridized carbons (Fsp3) is 0.167. The first-order valence-electron chi connectivity index (χ1n) is 2.85. The van der Waals surface area contributed by atoms with Gasteiger partial charge in [-0.3, -0.25) is 9.78 Å². The van der Waals surface area contributed by atoms with Crippen molar-refractivity contribution in [1.29, 1.82) is 5.26 Å². The molecule has 0 saturated heterocycles. The van der Waals surface area contributed by atoms with Gasteiger partial charge in [0, 0.05) is 13.2 Å². The minimum atomic E-state index is -0.643. The lowest BCUT2D eigenvalue weighted by Gasteiger charge is -1.93. The number of rotatable bonds is 0.